The van der Waals surface area contributed by atoms with E-state index in [-0.39, 0.29) is 13.0 Å². The van der Waals surface area contributed by atoms with Crippen molar-refractivity contribution in [1.29, 1.82) is 0 Å². The third-order valence-electron chi connectivity index (χ3n) is 2.15. The molecule has 0 bridgehead atoms. The molecule has 0 aromatic heterocycles. The van der Waals surface area contributed by atoms with Crippen molar-refractivity contribution < 1.29 is 44.1 Å². The fourth-order valence-corrected chi connectivity index (χ4v) is 1.60. The summed E-state index contributed by atoms with van der Waals surface area (Å²) in [6.45, 7) is -0.383. The molecule has 11 heteroatoms. The van der Waals surface area contributed by atoms with Gasteiger partial charge in [-0.2, -0.15) is 8.42 Å². The SMILES string of the molecule is CS(=O)(=O)OCCC#COC(=O)c1c(F)c(F)c(F)c(F)c1F. The van der Waals surface area contributed by atoms with Crippen LogP contribution in [0.3, 0.4) is 0 Å². The highest BCUT2D eigenvalue weighted by atomic mass is 32.2. The number of hydrogen-bond acceptors (Lipinski definition) is 5. The minimum atomic E-state index is -3.69. The zero-order valence-corrected chi connectivity index (χ0v) is 12.1. The van der Waals surface area contributed by atoms with Gasteiger partial charge in [-0.1, -0.05) is 5.92 Å². The van der Waals surface area contributed by atoms with E-state index in [1.54, 1.807) is 6.11 Å². The van der Waals surface area contributed by atoms with Gasteiger partial charge in [0.25, 0.3) is 10.1 Å². The van der Waals surface area contributed by atoms with Crippen LogP contribution in [-0.2, 0) is 19.0 Å². The third-order valence-corrected chi connectivity index (χ3v) is 2.75. The molecule has 0 aliphatic carbocycles. The molecule has 0 saturated heterocycles. The molecule has 0 atom stereocenters. The van der Waals surface area contributed by atoms with Crippen LogP contribution < -0.4 is 0 Å². The molecule has 5 nitrogen and oxygen atoms in total. The number of rotatable bonds is 4. The predicted octanol–water partition coefficient (Wildman–Crippen LogP) is 1.87. The molecule has 0 amide bonds. The monoisotopic (exact) mass is 358 g/mol. The van der Waals surface area contributed by atoms with Crippen LogP contribution in [0.4, 0.5) is 22.0 Å². The smallest absolute Gasteiger partial charge is 0.358 e. The minimum Gasteiger partial charge on any atom is -0.368 e. The second-order valence-electron chi connectivity index (χ2n) is 3.89. The van der Waals surface area contributed by atoms with Gasteiger partial charge in [-0.3, -0.25) is 4.18 Å². The zero-order chi connectivity index (χ0) is 17.8. The molecule has 126 valence electrons. The fourth-order valence-electron chi connectivity index (χ4n) is 1.21. The van der Waals surface area contributed by atoms with E-state index in [0.717, 1.165) is 6.26 Å². The molecule has 1 aromatic rings. The van der Waals surface area contributed by atoms with Crippen molar-refractivity contribution in [3.63, 3.8) is 0 Å². The van der Waals surface area contributed by atoms with Gasteiger partial charge in [0.2, 0.25) is 5.82 Å². The van der Waals surface area contributed by atoms with Crippen LogP contribution in [-0.4, -0.2) is 27.2 Å². The van der Waals surface area contributed by atoms with E-state index in [4.69, 9.17) is 0 Å². The lowest BCUT2D eigenvalue weighted by Gasteiger charge is -2.05. The maximum Gasteiger partial charge on any atom is 0.358 e. The summed E-state index contributed by atoms with van der Waals surface area (Å²) in [6, 6.07) is 0. The van der Waals surface area contributed by atoms with E-state index in [0.29, 0.717) is 0 Å². The minimum absolute atomic E-state index is 0.239. The molecular formula is C12H7F5O5S. The molecule has 1 rings (SSSR count). The second kappa shape index (κ2) is 7.38. The first-order chi connectivity index (χ1) is 10.6. The average molecular weight is 358 g/mol. The molecule has 0 saturated carbocycles. The van der Waals surface area contributed by atoms with Gasteiger partial charge in [0.15, 0.2) is 23.3 Å². The van der Waals surface area contributed by atoms with E-state index in [2.05, 4.69) is 8.92 Å². The Morgan fingerprint density at radius 1 is 1.00 bits per heavy atom. The van der Waals surface area contributed by atoms with Gasteiger partial charge in [-0.05, 0) is 0 Å². The summed E-state index contributed by atoms with van der Waals surface area (Å²) in [4.78, 5) is 11.3. The number of benzene rings is 1. The lowest BCUT2D eigenvalue weighted by Crippen LogP contribution is -2.13. The Morgan fingerprint density at radius 2 is 1.48 bits per heavy atom. The van der Waals surface area contributed by atoms with E-state index >= 15 is 0 Å². The Labute approximate surface area is 127 Å². The van der Waals surface area contributed by atoms with Gasteiger partial charge in [0.1, 0.15) is 11.7 Å². The Morgan fingerprint density at radius 3 is 1.96 bits per heavy atom. The molecule has 0 radical (unpaired) electrons. The largest absolute Gasteiger partial charge is 0.368 e. The van der Waals surface area contributed by atoms with E-state index < -0.39 is 50.7 Å². The molecule has 0 aliphatic heterocycles. The molecule has 0 heterocycles. The highest BCUT2D eigenvalue weighted by Gasteiger charge is 2.30. The van der Waals surface area contributed by atoms with Gasteiger partial charge in [0.05, 0.1) is 12.9 Å². The van der Waals surface area contributed by atoms with Crippen LogP contribution in [0, 0.1) is 41.1 Å². The summed E-state index contributed by atoms with van der Waals surface area (Å²) in [5.41, 5.74) is -1.79. The third kappa shape index (κ3) is 4.90. The number of hydrogen-bond donors (Lipinski definition) is 0. The first-order valence-electron chi connectivity index (χ1n) is 5.61. The second-order valence-corrected chi connectivity index (χ2v) is 5.53. The Kier molecular flexibility index (Phi) is 6.05. The highest BCUT2D eigenvalue weighted by Crippen LogP contribution is 2.23. The van der Waals surface area contributed by atoms with Crippen LogP contribution in [0.2, 0.25) is 0 Å². The molecule has 0 aliphatic rings. The van der Waals surface area contributed by atoms with Crippen molar-refractivity contribution in [1.82, 2.24) is 0 Å². The predicted molar refractivity (Wildman–Crippen MR) is 64.8 cm³/mol. The van der Waals surface area contributed by atoms with Gasteiger partial charge in [-0.15, -0.1) is 0 Å². The fraction of sp³-hybridized carbons (Fsp3) is 0.250. The summed E-state index contributed by atoms with van der Waals surface area (Å²) >= 11 is 0. The maximum absolute atomic E-state index is 13.3. The quantitative estimate of drug-likeness (QED) is 0.156. The molecule has 0 spiro atoms. The number of esters is 1. The van der Waals surface area contributed by atoms with Crippen LogP contribution in [0.15, 0.2) is 0 Å². The summed E-state index contributed by atoms with van der Waals surface area (Å²) in [5.74, 6) is -11.6. The molecule has 1 aromatic carbocycles. The number of ether oxygens (including phenoxy) is 1. The lowest BCUT2D eigenvalue weighted by molar-refractivity contribution is 0.0676. The van der Waals surface area contributed by atoms with Crippen molar-refractivity contribution in [3.05, 3.63) is 34.6 Å². The van der Waals surface area contributed by atoms with Crippen LogP contribution in [0.1, 0.15) is 16.8 Å². The highest BCUT2D eigenvalue weighted by molar-refractivity contribution is 7.85. The summed E-state index contributed by atoms with van der Waals surface area (Å²) in [7, 11) is -3.69. The first-order valence-corrected chi connectivity index (χ1v) is 7.42. The molecule has 0 unspecified atom stereocenters. The van der Waals surface area contributed by atoms with Gasteiger partial charge in [-0.25, -0.2) is 26.7 Å². The molecule has 23 heavy (non-hydrogen) atoms. The van der Waals surface area contributed by atoms with Crippen molar-refractivity contribution in [2.75, 3.05) is 12.9 Å². The Balaban J connectivity index is 2.82. The van der Waals surface area contributed by atoms with Crippen LogP contribution in [0.25, 0.3) is 0 Å². The van der Waals surface area contributed by atoms with E-state index in [1.165, 1.54) is 0 Å². The van der Waals surface area contributed by atoms with Crippen molar-refractivity contribution in [2.24, 2.45) is 0 Å². The van der Waals surface area contributed by atoms with Gasteiger partial charge < -0.3 is 4.74 Å². The maximum atomic E-state index is 13.3. The van der Waals surface area contributed by atoms with E-state index in [1.807, 2.05) is 5.92 Å². The zero-order valence-electron chi connectivity index (χ0n) is 11.3. The summed E-state index contributed by atoms with van der Waals surface area (Å²) in [5, 5.41) is 0. The number of halogens is 5. The van der Waals surface area contributed by atoms with Crippen molar-refractivity contribution >= 4 is 16.1 Å². The standard InChI is InChI=1S/C12H7F5O5S/c1-23(19,20)22-5-3-2-4-21-12(18)6-7(13)9(15)11(17)10(16)8(6)14/h3,5H2,1H3. The van der Waals surface area contributed by atoms with Crippen molar-refractivity contribution in [3.8, 4) is 12.0 Å². The van der Waals surface area contributed by atoms with Gasteiger partial charge in [0, 0.05) is 6.42 Å². The molecular weight excluding hydrogens is 351 g/mol. The van der Waals surface area contributed by atoms with Crippen LogP contribution >= 0.6 is 0 Å². The normalized spacial score (nSPS) is 10.9. The van der Waals surface area contributed by atoms with Crippen LogP contribution in [0.5, 0.6) is 0 Å². The Hall–Kier alpha value is -2.19. The lowest BCUT2D eigenvalue weighted by atomic mass is 10.1. The summed E-state index contributed by atoms with van der Waals surface area (Å²) < 4.78 is 94.5. The average Bonchev–Trinajstić information content (AvgIpc) is 2.45. The topological polar surface area (TPSA) is 69.7 Å². The van der Waals surface area contributed by atoms with E-state index in [9.17, 15) is 35.2 Å². The Bertz CT molecular complexity index is 765. The number of carbonyl (C=O) groups is 1. The number of carbonyl (C=O) groups excluding carboxylic acids is 1. The molecule has 0 N–H and O–H groups in total. The first kappa shape index (κ1) is 18.9. The van der Waals surface area contributed by atoms with Gasteiger partial charge >= 0.3 is 5.97 Å². The molecule has 0 fully saturated rings. The summed E-state index contributed by atoms with van der Waals surface area (Å²) in [6.07, 6.45) is 2.17. The van der Waals surface area contributed by atoms with Crippen molar-refractivity contribution in [2.45, 2.75) is 6.42 Å².